The number of nitrogens with one attached hydrogen (secondary N) is 2. The van der Waals surface area contributed by atoms with E-state index in [9.17, 15) is 19.5 Å². The van der Waals surface area contributed by atoms with Crippen molar-refractivity contribution in [3.63, 3.8) is 0 Å². The highest BCUT2D eigenvalue weighted by molar-refractivity contribution is 6.09. The number of H-pyrrole nitrogens is 1. The second-order valence-corrected chi connectivity index (χ2v) is 9.71. The summed E-state index contributed by atoms with van der Waals surface area (Å²) < 4.78 is 5.43. The molecule has 5 N–H and O–H groups in total. The molecule has 41 heavy (non-hydrogen) atoms. The molecule has 206 valence electrons. The minimum absolute atomic E-state index is 0.0242. The fraction of sp³-hybridized carbons (Fsp3) is 0.121. The molecule has 1 atom stereocenters. The Morgan fingerprint density at radius 3 is 2.22 bits per heavy atom. The summed E-state index contributed by atoms with van der Waals surface area (Å²) in [7, 11) is 0. The van der Waals surface area contributed by atoms with Crippen LogP contribution in [-0.2, 0) is 24.2 Å². The van der Waals surface area contributed by atoms with Crippen LogP contribution in [0.4, 0.5) is 10.5 Å². The molecule has 1 aromatic heterocycles. The second kappa shape index (κ2) is 12.2. The lowest BCUT2D eigenvalue weighted by Gasteiger charge is -2.21. The number of carbonyl (C=O) groups excluding carboxylic acids is 2. The van der Waals surface area contributed by atoms with Gasteiger partial charge in [0, 0.05) is 34.8 Å². The zero-order chi connectivity index (χ0) is 28.8. The van der Waals surface area contributed by atoms with E-state index in [0.29, 0.717) is 0 Å². The SMILES string of the molecule is Nc1ccc(C(=O)O)c(Cc2ccccc2)c1C(=O)[C@H](Cc1c[nH]c2ccccc12)NC(=O)OCc1ccccc1. The van der Waals surface area contributed by atoms with E-state index in [2.05, 4.69) is 10.3 Å². The Balaban J connectivity index is 1.52. The summed E-state index contributed by atoms with van der Waals surface area (Å²) in [5.74, 6) is -1.67. The topological polar surface area (TPSA) is 135 Å². The number of rotatable bonds is 10. The lowest BCUT2D eigenvalue weighted by atomic mass is 9.87. The molecule has 8 nitrogen and oxygen atoms in total. The van der Waals surface area contributed by atoms with Crippen molar-refractivity contribution in [2.45, 2.75) is 25.5 Å². The lowest BCUT2D eigenvalue weighted by molar-refractivity contribution is 0.0695. The Hall–Kier alpha value is -5.37. The number of nitrogens with two attached hydrogens (primary N) is 1. The molecule has 0 aliphatic rings. The molecule has 5 rings (SSSR count). The van der Waals surface area contributed by atoms with Gasteiger partial charge in [-0.15, -0.1) is 0 Å². The molecule has 4 aromatic carbocycles. The second-order valence-electron chi connectivity index (χ2n) is 9.71. The van der Waals surface area contributed by atoms with Gasteiger partial charge < -0.3 is 25.9 Å². The molecule has 0 aliphatic carbocycles. The monoisotopic (exact) mass is 547 g/mol. The minimum atomic E-state index is -1.17. The highest BCUT2D eigenvalue weighted by Gasteiger charge is 2.30. The van der Waals surface area contributed by atoms with Gasteiger partial charge in [0.15, 0.2) is 5.78 Å². The van der Waals surface area contributed by atoms with Crippen molar-refractivity contribution >= 4 is 34.4 Å². The smallest absolute Gasteiger partial charge is 0.408 e. The van der Waals surface area contributed by atoms with E-state index in [1.165, 1.54) is 12.1 Å². The number of carboxylic acid groups (broad SMARTS) is 1. The number of benzene rings is 4. The number of alkyl carbamates (subject to hydrolysis) is 1. The summed E-state index contributed by atoms with van der Waals surface area (Å²) in [6, 6.07) is 27.8. The minimum Gasteiger partial charge on any atom is -0.478 e. The van der Waals surface area contributed by atoms with Gasteiger partial charge in [-0.05, 0) is 46.9 Å². The number of amides is 1. The quantitative estimate of drug-likeness (QED) is 0.130. The predicted octanol–water partition coefficient (Wildman–Crippen LogP) is 5.76. The van der Waals surface area contributed by atoms with Gasteiger partial charge in [0.2, 0.25) is 0 Å². The standard InChI is InChI=1S/C33H29N3O5/c34-27-16-15-25(32(38)39)26(17-21-9-3-1-4-10-21)30(27)31(37)29(18-23-19-35-28-14-8-7-13-24(23)28)36-33(40)41-20-22-11-5-2-6-12-22/h1-16,19,29,35H,17-18,20,34H2,(H,36,40)(H,38,39)/t29-/m0/s1. The van der Waals surface area contributed by atoms with E-state index in [4.69, 9.17) is 10.5 Å². The van der Waals surface area contributed by atoms with Crippen LogP contribution < -0.4 is 11.1 Å². The maximum absolute atomic E-state index is 14.3. The van der Waals surface area contributed by atoms with E-state index >= 15 is 0 Å². The third kappa shape index (κ3) is 6.28. The molecule has 0 saturated carbocycles. The van der Waals surface area contributed by atoms with Gasteiger partial charge in [-0.1, -0.05) is 78.9 Å². The number of hydrogen-bond donors (Lipinski definition) is 4. The number of ether oxygens (including phenoxy) is 1. The molecule has 0 radical (unpaired) electrons. The number of aromatic amines is 1. The number of Topliss-reactive ketones (excluding diaryl/α,β-unsaturated/α-hetero) is 1. The first kappa shape index (κ1) is 27.2. The third-order valence-corrected chi connectivity index (χ3v) is 6.97. The van der Waals surface area contributed by atoms with Crippen LogP contribution in [-0.4, -0.2) is 34.0 Å². The number of anilines is 1. The number of hydrogen-bond acceptors (Lipinski definition) is 5. The molecule has 1 heterocycles. The molecule has 8 heteroatoms. The summed E-state index contributed by atoms with van der Waals surface area (Å²) in [5, 5.41) is 13.6. The normalized spacial score (nSPS) is 11.6. The van der Waals surface area contributed by atoms with Crippen molar-refractivity contribution in [2.75, 3.05) is 5.73 Å². The van der Waals surface area contributed by atoms with Gasteiger partial charge in [0.1, 0.15) is 6.61 Å². The van der Waals surface area contributed by atoms with Crippen LogP contribution in [0.15, 0.2) is 103 Å². The molecular weight excluding hydrogens is 518 g/mol. The number of para-hydroxylation sites is 1. The summed E-state index contributed by atoms with van der Waals surface area (Å²) in [6.45, 7) is 0.0244. The third-order valence-electron chi connectivity index (χ3n) is 6.97. The largest absolute Gasteiger partial charge is 0.478 e. The zero-order valence-electron chi connectivity index (χ0n) is 22.2. The number of carbonyl (C=O) groups is 3. The molecule has 0 saturated heterocycles. The van der Waals surface area contributed by atoms with Crippen LogP contribution in [0.25, 0.3) is 10.9 Å². The average Bonchev–Trinajstić information content (AvgIpc) is 3.39. The molecule has 0 unspecified atom stereocenters. The van der Waals surface area contributed by atoms with Crippen molar-refractivity contribution in [3.8, 4) is 0 Å². The zero-order valence-corrected chi connectivity index (χ0v) is 22.2. The van der Waals surface area contributed by atoms with Crippen molar-refractivity contribution in [2.24, 2.45) is 0 Å². The number of nitrogen functional groups attached to an aromatic ring is 1. The highest BCUT2D eigenvalue weighted by atomic mass is 16.5. The first-order valence-corrected chi connectivity index (χ1v) is 13.2. The lowest BCUT2D eigenvalue weighted by Crippen LogP contribution is -2.43. The highest BCUT2D eigenvalue weighted by Crippen LogP contribution is 2.28. The Labute approximate surface area is 236 Å². The van der Waals surface area contributed by atoms with E-state index < -0.39 is 23.9 Å². The summed E-state index contributed by atoms with van der Waals surface area (Å²) in [6.07, 6.45) is 1.33. The number of aromatic carboxylic acids is 1. The van der Waals surface area contributed by atoms with Crippen LogP contribution in [0.2, 0.25) is 0 Å². The Morgan fingerprint density at radius 1 is 0.854 bits per heavy atom. The Kier molecular flexibility index (Phi) is 8.10. The molecule has 5 aromatic rings. The van der Waals surface area contributed by atoms with Gasteiger partial charge in [-0.3, -0.25) is 4.79 Å². The molecule has 0 spiro atoms. The first-order chi connectivity index (χ1) is 19.9. The fourth-order valence-corrected chi connectivity index (χ4v) is 4.95. The summed E-state index contributed by atoms with van der Waals surface area (Å²) in [5.41, 5.74) is 10.1. The van der Waals surface area contributed by atoms with Crippen LogP contribution in [0.3, 0.4) is 0 Å². The van der Waals surface area contributed by atoms with Crippen LogP contribution in [0.1, 0.15) is 43.0 Å². The Morgan fingerprint density at radius 2 is 1.51 bits per heavy atom. The van der Waals surface area contributed by atoms with Gasteiger partial charge in [0.25, 0.3) is 0 Å². The van der Waals surface area contributed by atoms with Crippen LogP contribution >= 0.6 is 0 Å². The summed E-state index contributed by atoms with van der Waals surface area (Å²) in [4.78, 5) is 42.7. The molecule has 1 amide bonds. The number of fused-ring (bicyclic) bond motifs is 1. The summed E-state index contributed by atoms with van der Waals surface area (Å²) >= 11 is 0. The average molecular weight is 548 g/mol. The molecule has 0 fully saturated rings. The molecule has 0 aliphatic heterocycles. The van der Waals surface area contributed by atoms with Gasteiger partial charge in [-0.25, -0.2) is 9.59 Å². The number of ketones is 1. The Bertz CT molecular complexity index is 1700. The van der Waals surface area contributed by atoms with E-state index in [1.807, 2.05) is 84.9 Å². The van der Waals surface area contributed by atoms with Gasteiger partial charge in [0.05, 0.1) is 11.6 Å². The van der Waals surface area contributed by atoms with Crippen molar-refractivity contribution in [1.82, 2.24) is 10.3 Å². The predicted molar refractivity (Wildman–Crippen MR) is 157 cm³/mol. The number of carboxylic acids is 1. The van der Waals surface area contributed by atoms with Crippen molar-refractivity contribution < 1.29 is 24.2 Å². The van der Waals surface area contributed by atoms with E-state index in [0.717, 1.165) is 27.6 Å². The maximum atomic E-state index is 14.3. The maximum Gasteiger partial charge on any atom is 0.408 e. The molecular formula is C33H29N3O5. The van der Waals surface area contributed by atoms with Gasteiger partial charge >= 0.3 is 12.1 Å². The van der Waals surface area contributed by atoms with Gasteiger partial charge in [-0.2, -0.15) is 0 Å². The van der Waals surface area contributed by atoms with E-state index in [1.54, 1.807) is 6.20 Å². The van der Waals surface area contributed by atoms with E-state index in [-0.39, 0.29) is 41.8 Å². The first-order valence-electron chi connectivity index (χ1n) is 13.2. The van der Waals surface area contributed by atoms with Crippen LogP contribution in [0, 0.1) is 0 Å². The molecule has 0 bridgehead atoms. The number of aromatic nitrogens is 1. The van der Waals surface area contributed by atoms with Crippen molar-refractivity contribution in [1.29, 1.82) is 0 Å². The van der Waals surface area contributed by atoms with Crippen molar-refractivity contribution in [3.05, 3.63) is 137 Å². The van der Waals surface area contributed by atoms with Crippen LogP contribution in [0.5, 0.6) is 0 Å². The fourth-order valence-electron chi connectivity index (χ4n) is 4.95.